The molecule has 6 heteroatoms. The highest BCUT2D eigenvalue weighted by Crippen LogP contribution is 2.20. The standard InChI is InChI=1S/C15H15N3O3.C2H6/c1-8-4-3-5-10-13(8)16-9(2)18(15(10)21)11-6-7-12(19)17-14(11)20;1-2/h3-5,11H,6-7H2,1-2H3,(H,17,19,20);1-2H3. The van der Waals surface area contributed by atoms with Crippen molar-refractivity contribution in [2.75, 3.05) is 0 Å². The largest absolute Gasteiger partial charge is 0.295 e. The van der Waals surface area contributed by atoms with E-state index in [1.165, 1.54) is 4.57 Å². The predicted molar refractivity (Wildman–Crippen MR) is 88.2 cm³/mol. The molecule has 1 atom stereocenters. The van der Waals surface area contributed by atoms with E-state index in [9.17, 15) is 14.4 Å². The fraction of sp³-hybridized carbons (Fsp3) is 0.412. The smallest absolute Gasteiger partial charge is 0.262 e. The van der Waals surface area contributed by atoms with Gasteiger partial charge in [-0.3, -0.25) is 24.3 Å². The monoisotopic (exact) mass is 315 g/mol. The van der Waals surface area contributed by atoms with Crippen molar-refractivity contribution in [1.29, 1.82) is 0 Å². The maximum atomic E-state index is 12.7. The lowest BCUT2D eigenvalue weighted by atomic mass is 10.0. The van der Waals surface area contributed by atoms with Crippen molar-refractivity contribution in [2.45, 2.75) is 46.6 Å². The van der Waals surface area contributed by atoms with Crippen LogP contribution < -0.4 is 10.9 Å². The molecule has 0 radical (unpaired) electrons. The molecule has 0 spiro atoms. The second-order valence-electron chi connectivity index (χ2n) is 5.27. The number of hydrogen-bond acceptors (Lipinski definition) is 4. The van der Waals surface area contributed by atoms with E-state index in [1.807, 2.05) is 26.8 Å². The average Bonchev–Trinajstić information content (AvgIpc) is 2.52. The van der Waals surface area contributed by atoms with Crippen LogP contribution in [0.4, 0.5) is 0 Å². The number of amides is 2. The highest BCUT2D eigenvalue weighted by Gasteiger charge is 2.30. The zero-order valence-corrected chi connectivity index (χ0v) is 13.8. The first-order valence-corrected chi connectivity index (χ1v) is 7.81. The number of imide groups is 1. The number of aryl methyl sites for hydroxylation is 2. The minimum atomic E-state index is -0.674. The molecule has 3 rings (SSSR count). The van der Waals surface area contributed by atoms with Gasteiger partial charge in [-0.1, -0.05) is 26.0 Å². The van der Waals surface area contributed by atoms with E-state index in [0.29, 0.717) is 23.1 Å². The van der Waals surface area contributed by atoms with E-state index >= 15 is 0 Å². The number of para-hydroxylation sites is 1. The van der Waals surface area contributed by atoms with Gasteiger partial charge in [0.25, 0.3) is 5.56 Å². The van der Waals surface area contributed by atoms with E-state index in [4.69, 9.17) is 0 Å². The molecule has 1 aliphatic rings. The van der Waals surface area contributed by atoms with Crippen molar-refractivity contribution in [3.8, 4) is 0 Å². The van der Waals surface area contributed by atoms with Gasteiger partial charge in [0.05, 0.1) is 10.9 Å². The van der Waals surface area contributed by atoms with Gasteiger partial charge in [-0.25, -0.2) is 4.98 Å². The summed E-state index contributed by atoms with van der Waals surface area (Å²) in [6, 6.07) is 4.72. The first-order valence-electron chi connectivity index (χ1n) is 7.81. The van der Waals surface area contributed by atoms with Gasteiger partial charge in [-0.15, -0.1) is 0 Å². The van der Waals surface area contributed by atoms with Crippen molar-refractivity contribution in [3.63, 3.8) is 0 Å². The Balaban J connectivity index is 0.000000924. The first-order chi connectivity index (χ1) is 11.0. The third-order valence-electron chi connectivity index (χ3n) is 3.83. The van der Waals surface area contributed by atoms with Gasteiger partial charge in [-0.05, 0) is 31.9 Å². The van der Waals surface area contributed by atoms with Crippen LogP contribution >= 0.6 is 0 Å². The Morgan fingerprint density at radius 1 is 1.17 bits per heavy atom. The Kier molecular flexibility index (Phi) is 4.93. The topological polar surface area (TPSA) is 81.1 Å². The Labute approximate surface area is 134 Å². The Bertz CT molecular complexity index is 824. The number of rotatable bonds is 1. The molecule has 0 aliphatic carbocycles. The van der Waals surface area contributed by atoms with Crippen LogP contribution in [-0.2, 0) is 9.59 Å². The van der Waals surface area contributed by atoms with Crippen molar-refractivity contribution < 1.29 is 9.59 Å². The van der Waals surface area contributed by atoms with E-state index < -0.39 is 11.9 Å². The van der Waals surface area contributed by atoms with Crippen molar-refractivity contribution >= 4 is 22.7 Å². The number of carbonyl (C=O) groups excluding carboxylic acids is 2. The summed E-state index contributed by atoms with van der Waals surface area (Å²) in [7, 11) is 0. The normalized spacial score (nSPS) is 17.5. The highest BCUT2D eigenvalue weighted by molar-refractivity contribution is 5.99. The second-order valence-corrected chi connectivity index (χ2v) is 5.27. The van der Waals surface area contributed by atoms with Crippen LogP contribution in [0.25, 0.3) is 10.9 Å². The van der Waals surface area contributed by atoms with Crippen molar-refractivity contribution in [2.24, 2.45) is 0 Å². The summed E-state index contributed by atoms with van der Waals surface area (Å²) in [5, 5.41) is 2.77. The van der Waals surface area contributed by atoms with Crippen LogP contribution in [0.3, 0.4) is 0 Å². The molecule has 1 aromatic heterocycles. The van der Waals surface area contributed by atoms with Gasteiger partial charge in [0.15, 0.2) is 0 Å². The number of benzene rings is 1. The van der Waals surface area contributed by atoms with Gasteiger partial charge in [0, 0.05) is 6.42 Å². The van der Waals surface area contributed by atoms with Gasteiger partial charge in [0.1, 0.15) is 11.9 Å². The fourth-order valence-corrected chi connectivity index (χ4v) is 2.77. The summed E-state index contributed by atoms with van der Waals surface area (Å²) < 4.78 is 1.39. The Morgan fingerprint density at radius 3 is 2.52 bits per heavy atom. The van der Waals surface area contributed by atoms with E-state index in [0.717, 1.165) is 5.56 Å². The molecule has 1 aliphatic heterocycles. The van der Waals surface area contributed by atoms with Crippen LogP contribution in [0.5, 0.6) is 0 Å². The van der Waals surface area contributed by atoms with Crippen LogP contribution in [0.1, 0.15) is 44.1 Å². The number of aromatic nitrogens is 2. The maximum absolute atomic E-state index is 12.7. The maximum Gasteiger partial charge on any atom is 0.262 e. The van der Waals surface area contributed by atoms with Crippen LogP contribution in [0.2, 0.25) is 0 Å². The van der Waals surface area contributed by atoms with Gasteiger partial charge in [0.2, 0.25) is 11.8 Å². The molecule has 1 unspecified atom stereocenters. The zero-order valence-electron chi connectivity index (χ0n) is 13.8. The molecule has 23 heavy (non-hydrogen) atoms. The van der Waals surface area contributed by atoms with Crippen molar-refractivity contribution in [1.82, 2.24) is 14.9 Å². The molecular weight excluding hydrogens is 294 g/mol. The first kappa shape index (κ1) is 16.9. The number of nitrogens with one attached hydrogen (secondary N) is 1. The molecular formula is C17H21N3O3. The number of hydrogen-bond donors (Lipinski definition) is 1. The molecule has 1 N–H and O–H groups in total. The molecule has 2 heterocycles. The van der Waals surface area contributed by atoms with Crippen LogP contribution in [-0.4, -0.2) is 21.4 Å². The van der Waals surface area contributed by atoms with Gasteiger partial charge >= 0.3 is 0 Å². The molecule has 2 amide bonds. The molecule has 1 saturated heterocycles. The lowest BCUT2D eigenvalue weighted by Crippen LogP contribution is -2.45. The van der Waals surface area contributed by atoms with Gasteiger partial charge < -0.3 is 0 Å². The van der Waals surface area contributed by atoms with Crippen LogP contribution in [0.15, 0.2) is 23.0 Å². The number of fused-ring (bicyclic) bond motifs is 1. The Morgan fingerprint density at radius 2 is 1.87 bits per heavy atom. The molecule has 1 fully saturated rings. The molecule has 0 bridgehead atoms. The number of nitrogens with zero attached hydrogens (tertiary/aromatic N) is 2. The SMILES string of the molecule is CC.Cc1cccc2c(=O)n(C3CCC(=O)NC3=O)c(C)nc12. The third-order valence-corrected chi connectivity index (χ3v) is 3.83. The Hall–Kier alpha value is -2.50. The molecule has 0 saturated carbocycles. The molecule has 1 aromatic carbocycles. The second kappa shape index (κ2) is 6.73. The highest BCUT2D eigenvalue weighted by atomic mass is 16.2. The fourth-order valence-electron chi connectivity index (χ4n) is 2.77. The lowest BCUT2D eigenvalue weighted by Gasteiger charge is -2.24. The lowest BCUT2D eigenvalue weighted by molar-refractivity contribution is -0.135. The van der Waals surface area contributed by atoms with Crippen LogP contribution in [0, 0.1) is 13.8 Å². The summed E-state index contributed by atoms with van der Waals surface area (Å²) >= 11 is 0. The van der Waals surface area contributed by atoms with Gasteiger partial charge in [-0.2, -0.15) is 0 Å². The summed E-state index contributed by atoms with van der Waals surface area (Å²) in [6.07, 6.45) is 0.554. The average molecular weight is 315 g/mol. The number of carbonyl (C=O) groups is 2. The third kappa shape index (κ3) is 3.02. The van der Waals surface area contributed by atoms with Crippen molar-refractivity contribution in [3.05, 3.63) is 39.9 Å². The van der Waals surface area contributed by atoms with E-state index in [1.54, 1.807) is 19.1 Å². The zero-order chi connectivity index (χ0) is 17.1. The summed E-state index contributed by atoms with van der Waals surface area (Å²) in [4.78, 5) is 40.4. The minimum Gasteiger partial charge on any atom is -0.295 e. The number of piperidine rings is 1. The van der Waals surface area contributed by atoms with E-state index in [-0.39, 0.29) is 17.9 Å². The predicted octanol–water partition coefficient (Wildman–Crippen LogP) is 2.02. The molecule has 6 nitrogen and oxygen atoms in total. The van der Waals surface area contributed by atoms with E-state index in [2.05, 4.69) is 10.3 Å². The molecule has 2 aromatic rings. The quantitative estimate of drug-likeness (QED) is 0.816. The minimum absolute atomic E-state index is 0.230. The summed E-state index contributed by atoms with van der Waals surface area (Å²) in [5.74, 6) is -0.256. The molecule has 122 valence electrons. The summed E-state index contributed by atoms with van der Waals surface area (Å²) in [5.41, 5.74) is 1.34. The summed E-state index contributed by atoms with van der Waals surface area (Å²) in [6.45, 7) is 7.60.